The van der Waals surface area contributed by atoms with Gasteiger partial charge >= 0.3 is 0 Å². The molecule has 0 bridgehead atoms. The lowest BCUT2D eigenvalue weighted by molar-refractivity contribution is 0.419. The molecular formula is C14H20N2. The number of anilines is 1. The van der Waals surface area contributed by atoms with Crippen molar-refractivity contribution in [3.8, 4) is 0 Å². The van der Waals surface area contributed by atoms with E-state index in [1.165, 1.54) is 32.1 Å². The van der Waals surface area contributed by atoms with Gasteiger partial charge in [-0.2, -0.15) is 0 Å². The minimum atomic E-state index is 0.819. The van der Waals surface area contributed by atoms with Crippen LogP contribution in [0.25, 0.3) is 0 Å². The van der Waals surface area contributed by atoms with Crippen LogP contribution < -0.4 is 5.32 Å². The second-order valence-corrected chi connectivity index (χ2v) is 4.42. The molecule has 1 aromatic rings. The number of nitrogens with one attached hydrogen (secondary N) is 1. The summed E-state index contributed by atoms with van der Waals surface area (Å²) < 4.78 is 0. The van der Waals surface area contributed by atoms with Gasteiger partial charge in [0.2, 0.25) is 0 Å². The van der Waals surface area contributed by atoms with Crippen molar-refractivity contribution in [2.24, 2.45) is 5.92 Å². The molecule has 86 valence electrons. The SMILES string of the molecule is C(=CC1CCCCC1)CNc1ccccn1. The summed E-state index contributed by atoms with van der Waals surface area (Å²) in [6.45, 7) is 0.882. The quantitative estimate of drug-likeness (QED) is 0.777. The molecular weight excluding hydrogens is 196 g/mol. The molecule has 0 atom stereocenters. The Kier molecular flexibility index (Phi) is 4.41. The highest BCUT2D eigenvalue weighted by Gasteiger charge is 2.09. The van der Waals surface area contributed by atoms with E-state index in [4.69, 9.17) is 0 Å². The molecule has 0 aromatic carbocycles. The largest absolute Gasteiger partial charge is 0.367 e. The number of aromatic nitrogens is 1. The van der Waals surface area contributed by atoms with Crippen LogP contribution in [-0.4, -0.2) is 11.5 Å². The third kappa shape index (κ3) is 3.69. The highest BCUT2D eigenvalue weighted by Crippen LogP contribution is 2.24. The third-order valence-electron chi connectivity index (χ3n) is 3.12. The van der Waals surface area contributed by atoms with Crippen LogP contribution in [0, 0.1) is 5.92 Å². The van der Waals surface area contributed by atoms with Crippen LogP contribution in [-0.2, 0) is 0 Å². The molecule has 0 saturated heterocycles. The van der Waals surface area contributed by atoms with Crippen LogP contribution in [0.15, 0.2) is 36.5 Å². The first kappa shape index (κ1) is 11.2. The average molecular weight is 216 g/mol. The Bertz CT molecular complexity index is 313. The number of hydrogen-bond acceptors (Lipinski definition) is 2. The molecule has 2 heteroatoms. The van der Waals surface area contributed by atoms with E-state index in [0.29, 0.717) is 0 Å². The van der Waals surface area contributed by atoms with Gasteiger partial charge in [0.1, 0.15) is 5.82 Å². The smallest absolute Gasteiger partial charge is 0.126 e. The normalized spacial score (nSPS) is 17.8. The van der Waals surface area contributed by atoms with Crippen LogP contribution in [0.3, 0.4) is 0 Å². The predicted molar refractivity (Wildman–Crippen MR) is 68.4 cm³/mol. The van der Waals surface area contributed by atoms with E-state index in [2.05, 4.69) is 22.5 Å². The van der Waals surface area contributed by atoms with E-state index in [9.17, 15) is 0 Å². The fourth-order valence-corrected chi connectivity index (χ4v) is 2.22. The molecule has 0 spiro atoms. The maximum absolute atomic E-state index is 4.22. The van der Waals surface area contributed by atoms with Gasteiger partial charge in [0.05, 0.1) is 0 Å². The second kappa shape index (κ2) is 6.31. The molecule has 1 aliphatic rings. The van der Waals surface area contributed by atoms with Crippen molar-refractivity contribution in [3.05, 3.63) is 36.5 Å². The van der Waals surface area contributed by atoms with Crippen LogP contribution in [0.4, 0.5) is 5.82 Å². The first-order valence-corrected chi connectivity index (χ1v) is 6.27. The van der Waals surface area contributed by atoms with Crippen molar-refractivity contribution in [1.29, 1.82) is 0 Å². The highest BCUT2D eigenvalue weighted by atomic mass is 15.0. The fraction of sp³-hybridized carbons (Fsp3) is 0.500. The van der Waals surface area contributed by atoms with Gasteiger partial charge in [0.25, 0.3) is 0 Å². The summed E-state index contributed by atoms with van der Waals surface area (Å²) >= 11 is 0. The molecule has 1 fully saturated rings. The van der Waals surface area contributed by atoms with Gasteiger partial charge in [-0.1, -0.05) is 37.5 Å². The zero-order valence-electron chi connectivity index (χ0n) is 9.73. The Morgan fingerprint density at radius 3 is 2.88 bits per heavy atom. The Balaban J connectivity index is 1.69. The summed E-state index contributed by atoms with van der Waals surface area (Å²) in [6, 6.07) is 5.93. The van der Waals surface area contributed by atoms with Crippen molar-refractivity contribution in [3.63, 3.8) is 0 Å². The van der Waals surface area contributed by atoms with E-state index >= 15 is 0 Å². The van der Waals surface area contributed by atoms with Crippen LogP contribution in [0.5, 0.6) is 0 Å². The van der Waals surface area contributed by atoms with Gasteiger partial charge < -0.3 is 5.32 Å². The number of nitrogens with zero attached hydrogens (tertiary/aromatic N) is 1. The molecule has 1 N–H and O–H groups in total. The summed E-state index contributed by atoms with van der Waals surface area (Å²) in [5.74, 6) is 1.77. The van der Waals surface area contributed by atoms with Gasteiger partial charge in [-0.3, -0.25) is 0 Å². The average Bonchev–Trinajstić information content (AvgIpc) is 2.37. The Hall–Kier alpha value is -1.31. The summed E-state index contributed by atoms with van der Waals surface area (Å²) in [6.07, 6.45) is 13.4. The molecule has 0 radical (unpaired) electrons. The second-order valence-electron chi connectivity index (χ2n) is 4.42. The molecule has 0 unspecified atom stereocenters. The molecule has 0 amide bonds. The van der Waals surface area contributed by atoms with E-state index in [-0.39, 0.29) is 0 Å². The Morgan fingerprint density at radius 2 is 2.12 bits per heavy atom. The first-order chi connectivity index (χ1) is 7.95. The first-order valence-electron chi connectivity index (χ1n) is 6.27. The Morgan fingerprint density at radius 1 is 1.25 bits per heavy atom. The lowest BCUT2D eigenvalue weighted by Gasteiger charge is -2.17. The number of hydrogen-bond donors (Lipinski definition) is 1. The molecule has 1 saturated carbocycles. The molecule has 1 aliphatic carbocycles. The standard InChI is InChI=1S/C14H20N2/c1-2-7-13(8-3-1)9-6-12-16-14-10-4-5-11-15-14/h4-6,9-11,13H,1-3,7-8,12H2,(H,15,16). The lowest BCUT2D eigenvalue weighted by atomic mass is 9.89. The Labute approximate surface area is 97.8 Å². The third-order valence-corrected chi connectivity index (χ3v) is 3.12. The minimum Gasteiger partial charge on any atom is -0.367 e. The molecule has 1 heterocycles. The van der Waals surface area contributed by atoms with Crippen LogP contribution >= 0.6 is 0 Å². The minimum absolute atomic E-state index is 0.819. The van der Waals surface area contributed by atoms with E-state index in [0.717, 1.165) is 18.3 Å². The summed E-state index contributed by atoms with van der Waals surface area (Å²) in [4.78, 5) is 4.22. The molecule has 16 heavy (non-hydrogen) atoms. The molecule has 1 aromatic heterocycles. The summed E-state index contributed by atoms with van der Waals surface area (Å²) in [7, 11) is 0. The van der Waals surface area contributed by atoms with Gasteiger partial charge in [-0.05, 0) is 30.9 Å². The fourth-order valence-electron chi connectivity index (χ4n) is 2.22. The highest BCUT2D eigenvalue weighted by molar-refractivity contribution is 5.33. The number of pyridine rings is 1. The van der Waals surface area contributed by atoms with E-state index < -0.39 is 0 Å². The zero-order valence-corrected chi connectivity index (χ0v) is 9.73. The van der Waals surface area contributed by atoms with Crippen LogP contribution in [0.1, 0.15) is 32.1 Å². The maximum atomic E-state index is 4.22. The topological polar surface area (TPSA) is 24.9 Å². The van der Waals surface area contributed by atoms with Gasteiger partial charge in [-0.15, -0.1) is 0 Å². The summed E-state index contributed by atoms with van der Waals surface area (Å²) in [5.41, 5.74) is 0. The maximum Gasteiger partial charge on any atom is 0.126 e. The van der Waals surface area contributed by atoms with Crippen molar-refractivity contribution < 1.29 is 0 Å². The van der Waals surface area contributed by atoms with Crippen molar-refractivity contribution in [2.75, 3.05) is 11.9 Å². The van der Waals surface area contributed by atoms with Crippen molar-refractivity contribution in [1.82, 2.24) is 4.98 Å². The molecule has 2 rings (SSSR count). The number of allylic oxidation sites excluding steroid dienone is 1. The van der Waals surface area contributed by atoms with Gasteiger partial charge in [-0.25, -0.2) is 4.98 Å². The lowest BCUT2D eigenvalue weighted by Crippen LogP contribution is -2.04. The van der Waals surface area contributed by atoms with Gasteiger partial charge in [0, 0.05) is 12.7 Å². The summed E-state index contributed by atoms with van der Waals surface area (Å²) in [5, 5.41) is 3.29. The van der Waals surface area contributed by atoms with E-state index in [1.54, 1.807) is 0 Å². The van der Waals surface area contributed by atoms with Crippen molar-refractivity contribution in [2.45, 2.75) is 32.1 Å². The monoisotopic (exact) mass is 216 g/mol. The van der Waals surface area contributed by atoms with Gasteiger partial charge in [0.15, 0.2) is 0 Å². The molecule has 0 aliphatic heterocycles. The number of rotatable bonds is 4. The van der Waals surface area contributed by atoms with E-state index in [1.807, 2.05) is 24.4 Å². The van der Waals surface area contributed by atoms with Crippen molar-refractivity contribution >= 4 is 5.82 Å². The van der Waals surface area contributed by atoms with Crippen LogP contribution in [0.2, 0.25) is 0 Å². The predicted octanol–water partition coefficient (Wildman–Crippen LogP) is 3.63. The molecule has 2 nitrogen and oxygen atoms in total. The zero-order chi connectivity index (χ0) is 11.1.